The number of rotatable bonds is 7. The molecule has 2 aliphatic heterocycles. The monoisotopic (exact) mass is 390 g/mol. The summed E-state index contributed by atoms with van der Waals surface area (Å²) >= 11 is 0. The lowest BCUT2D eigenvalue weighted by Crippen LogP contribution is -2.50. The maximum atomic E-state index is 12.1. The lowest BCUT2D eigenvalue weighted by molar-refractivity contribution is -0.147. The van der Waals surface area contributed by atoms with Crippen molar-refractivity contribution in [3.63, 3.8) is 0 Å². The first-order chi connectivity index (χ1) is 12.3. The number of sulfonamides is 1. The number of nitrogens with one attached hydrogen (secondary N) is 1. The molecule has 0 spiro atoms. The van der Waals surface area contributed by atoms with Gasteiger partial charge in [-0.25, -0.2) is 17.9 Å². The molecular weight excluding hydrogens is 364 g/mol. The van der Waals surface area contributed by atoms with Crippen LogP contribution in [0.1, 0.15) is 19.3 Å². The number of amides is 3. The topological polar surface area (TPSA) is 116 Å². The third-order valence-electron chi connectivity index (χ3n) is 4.52. The van der Waals surface area contributed by atoms with Gasteiger partial charge in [-0.15, -0.1) is 0 Å². The van der Waals surface area contributed by atoms with E-state index >= 15 is 0 Å². The second-order valence-corrected chi connectivity index (χ2v) is 8.23. The van der Waals surface area contributed by atoms with Crippen molar-refractivity contribution >= 4 is 27.9 Å². The summed E-state index contributed by atoms with van der Waals surface area (Å²) in [4.78, 5) is 39.5. The van der Waals surface area contributed by atoms with E-state index in [2.05, 4.69) is 14.4 Å². The number of carbonyl (C=O) groups excluding carboxylic acids is 3. The van der Waals surface area contributed by atoms with Gasteiger partial charge in [0.15, 0.2) is 0 Å². The van der Waals surface area contributed by atoms with Gasteiger partial charge in [-0.05, 0) is 6.42 Å². The fourth-order valence-electron chi connectivity index (χ4n) is 2.98. The molecule has 0 radical (unpaired) electrons. The molecule has 0 unspecified atom stereocenters. The molecule has 1 N–H and O–H groups in total. The summed E-state index contributed by atoms with van der Waals surface area (Å²) in [5, 5.41) is 0. The van der Waals surface area contributed by atoms with E-state index in [1.807, 2.05) is 0 Å². The largest absolute Gasteiger partial charge is 0.453 e. The molecule has 148 valence electrons. The quantitative estimate of drug-likeness (QED) is 0.545. The van der Waals surface area contributed by atoms with Crippen LogP contribution in [0.2, 0.25) is 0 Å². The minimum atomic E-state index is -3.56. The molecule has 0 aromatic rings. The van der Waals surface area contributed by atoms with Crippen molar-refractivity contribution in [2.45, 2.75) is 19.3 Å². The van der Waals surface area contributed by atoms with Gasteiger partial charge in [0.2, 0.25) is 21.8 Å². The molecule has 2 saturated heterocycles. The number of nitrogens with zero attached hydrogens (tertiary/aromatic N) is 3. The molecule has 2 fully saturated rings. The van der Waals surface area contributed by atoms with Crippen LogP contribution in [0.5, 0.6) is 0 Å². The predicted molar refractivity (Wildman–Crippen MR) is 92.8 cm³/mol. The number of carbonyl (C=O) groups is 3. The van der Waals surface area contributed by atoms with Crippen LogP contribution >= 0.6 is 0 Å². The standard InChI is InChI=1S/C15H26N4O6S/c1-25-15(22)18-9-7-17(8-10-18)6-5-16-26(23,24)12-11-19-13(20)3-2-4-14(19)21/h16H,2-12H2,1H3. The SMILES string of the molecule is COC(=O)N1CCN(CCNS(=O)(=O)CCN2C(=O)CCCC2=O)CC1. The predicted octanol–water partition coefficient (Wildman–Crippen LogP) is -1.17. The molecule has 10 nitrogen and oxygen atoms in total. The summed E-state index contributed by atoms with van der Waals surface area (Å²) in [6.45, 7) is 3.03. The van der Waals surface area contributed by atoms with E-state index in [9.17, 15) is 22.8 Å². The Morgan fingerprint density at radius 1 is 1.08 bits per heavy atom. The molecule has 2 rings (SSSR count). The Morgan fingerprint density at radius 2 is 1.69 bits per heavy atom. The summed E-state index contributed by atoms with van der Waals surface area (Å²) < 4.78 is 31.3. The van der Waals surface area contributed by atoms with Gasteiger partial charge in [-0.3, -0.25) is 19.4 Å². The minimum Gasteiger partial charge on any atom is -0.453 e. The molecule has 0 aromatic carbocycles. The minimum absolute atomic E-state index is 0.106. The van der Waals surface area contributed by atoms with Gasteiger partial charge in [-0.1, -0.05) is 0 Å². The normalized spacial score (nSPS) is 19.7. The van der Waals surface area contributed by atoms with Crippen LogP contribution < -0.4 is 4.72 Å². The van der Waals surface area contributed by atoms with Crippen LogP contribution in [0.15, 0.2) is 0 Å². The molecule has 2 heterocycles. The van der Waals surface area contributed by atoms with Crippen LogP contribution in [0.4, 0.5) is 4.79 Å². The van der Waals surface area contributed by atoms with Crippen LogP contribution in [-0.2, 0) is 24.3 Å². The number of hydrogen-bond donors (Lipinski definition) is 1. The Kier molecular flexibility index (Phi) is 7.35. The smallest absolute Gasteiger partial charge is 0.409 e. The number of hydrogen-bond acceptors (Lipinski definition) is 7. The summed E-state index contributed by atoms with van der Waals surface area (Å²) in [7, 11) is -2.22. The van der Waals surface area contributed by atoms with Gasteiger partial charge in [0, 0.05) is 58.7 Å². The van der Waals surface area contributed by atoms with Crippen molar-refractivity contribution in [2.24, 2.45) is 0 Å². The highest BCUT2D eigenvalue weighted by molar-refractivity contribution is 7.89. The Balaban J connectivity index is 1.68. The van der Waals surface area contributed by atoms with Crippen molar-refractivity contribution in [1.82, 2.24) is 19.4 Å². The Morgan fingerprint density at radius 3 is 2.27 bits per heavy atom. The van der Waals surface area contributed by atoms with E-state index < -0.39 is 10.0 Å². The third-order valence-corrected chi connectivity index (χ3v) is 5.89. The zero-order valence-electron chi connectivity index (χ0n) is 15.0. The van der Waals surface area contributed by atoms with Gasteiger partial charge >= 0.3 is 6.09 Å². The molecule has 0 saturated carbocycles. The fraction of sp³-hybridized carbons (Fsp3) is 0.800. The summed E-state index contributed by atoms with van der Waals surface area (Å²) in [5.74, 6) is -0.902. The Bertz CT molecular complexity index is 614. The number of imide groups is 1. The first-order valence-electron chi connectivity index (χ1n) is 8.68. The average molecular weight is 390 g/mol. The van der Waals surface area contributed by atoms with Gasteiger partial charge < -0.3 is 9.64 Å². The van der Waals surface area contributed by atoms with Crippen molar-refractivity contribution in [3.8, 4) is 0 Å². The van der Waals surface area contributed by atoms with Crippen molar-refractivity contribution in [2.75, 3.05) is 58.7 Å². The first-order valence-corrected chi connectivity index (χ1v) is 10.3. The van der Waals surface area contributed by atoms with Gasteiger partial charge in [0.05, 0.1) is 12.9 Å². The maximum absolute atomic E-state index is 12.1. The van der Waals surface area contributed by atoms with Gasteiger partial charge in [0.25, 0.3) is 0 Å². The Hall–Kier alpha value is -1.72. The number of likely N-dealkylation sites (tertiary alicyclic amines) is 1. The molecule has 0 aromatic heterocycles. The maximum Gasteiger partial charge on any atom is 0.409 e. The highest BCUT2D eigenvalue weighted by Gasteiger charge is 2.27. The zero-order valence-corrected chi connectivity index (χ0v) is 15.8. The highest BCUT2D eigenvalue weighted by atomic mass is 32.2. The van der Waals surface area contributed by atoms with E-state index in [0.717, 1.165) is 4.90 Å². The Labute approximate surface area is 153 Å². The average Bonchev–Trinajstić information content (AvgIpc) is 2.61. The lowest BCUT2D eigenvalue weighted by atomic mass is 10.1. The van der Waals surface area contributed by atoms with Crippen molar-refractivity contribution < 1.29 is 27.5 Å². The van der Waals surface area contributed by atoms with Crippen LogP contribution in [0.3, 0.4) is 0 Å². The van der Waals surface area contributed by atoms with E-state index in [1.165, 1.54) is 7.11 Å². The molecule has 0 atom stereocenters. The zero-order chi connectivity index (χ0) is 19.2. The van der Waals surface area contributed by atoms with E-state index in [0.29, 0.717) is 39.1 Å². The number of methoxy groups -OCH3 is 1. The van der Waals surface area contributed by atoms with E-state index in [4.69, 9.17) is 0 Å². The fourth-order valence-corrected chi connectivity index (χ4v) is 3.94. The number of ether oxygens (including phenoxy) is 1. The molecule has 26 heavy (non-hydrogen) atoms. The molecule has 0 aliphatic carbocycles. The summed E-state index contributed by atoms with van der Waals surface area (Å²) in [5.41, 5.74) is 0. The van der Waals surface area contributed by atoms with Crippen molar-refractivity contribution in [1.29, 1.82) is 0 Å². The van der Waals surface area contributed by atoms with Crippen LogP contribution in [-0.4, -0.2) is 99.7 Å². The number of piperidine rings is 1. The molecule has 2 aliphatic rings. The van der Waals surface area contributed by atoms with Crippen molar-refractivity contribution in [3.05, 3.63) is 0 Å². The van der Waals surface area contributed by atoms with Crippen LogP contribution in [0.25, 0.3) is 0 Å². The lowest BCUT2D eigenvalue weighted by Gasteiger charge is -2.33. The van der Waals surface area contributed by atoms with E-state index in [1.54, 1.807) is 4.90 Å². The molecule has 0 bridgehead atoms. The summed E-state index contributed by atoms with van der Waals surface area (Å²) in [6, 6.07) is 0. The second kappa shape index (κ2) is 9.28. The first kappa shape index (κ1) is 20.6. The molecule has 11 heteroatoms. The van der Waals surface area contributed by atoms with E-state index in [-0.39, 0.29) is 49.6 Å². The number of piperazine rings is 1. The van der Waals surface area contributed by atoms with Gasteiger partial charge in [0.1, 0.15) is 0 Å². The summed E-state index contributed by atoms with van der Waals surface area (Å²) in [6.07, 6.45) is 0.753. The van der Waals surface area contributed by atoms with Crippen LogP contribution in [0, 0.1) is 0 Å². The third kappa shape index (κ3) is 5.92. The van der Waals surface area contributed by atoms with Gasteiger partial charge in [-0.2, -0.15) is 0 Å². The molecular formula is C15H26N4O6S. The highest BCUT2D eigenvalue weighted by Crippen LogP contribution is 2.12. The second-order valence-electron chi connectivity index (χ2n) is 6.30. The molecule has 3 amide bonds.